The Morgan fingerprint density at radius 2 is 1.46 bits per heavy atom. The van der Waals surface area contributed by atoms with E-state index in [1.165, 1.54) is 77.6 Å². The number of hydrogen-bond donors (Lipinski definition) is 3. The zero-order valence-corrected chi connectivity index (χ0v) is 22.8. The summed E-state index contributed by atoms with van der Waals surface area (Å²) in [6.07, 6.45) is 18.5. The van der Waals surface area contributed by atoms with Gasteiger partial charge in [0.2, 0.25) is 0 Å². The highest BCUT2D eigenvalue weighted by molar-refractivity contribution is 5.87. The molecule has 0 aliphatic rings. The third-order valence-corrected chi connectivity index (χ3v) is 5.76. The normalized spacial score (nSPS) is 11.7. The van der Waals surface area contributed by atoms with Crippen LogP contribution in [0.4, 0.5) is 4.79 Å². The second kappa shape index (κ2) is 24.8. The summed E-state index contributed by atoms with van der Waals surface area (Å²) >= 11 is 0. The van der Waals surface area contributed by atoms with Gasteiger partial charge in [0, 0.05) is 17.7 Å². The lowest BCUT2D eigenvalue weighted by molar-refractivity contribution is -0.139. The minimum Gasteiger partial charge on any atom is -0.478 e. The second-order valence-electron chi connectivity index (χ2n) is 9.25. The van der Waals surface area contributed by atoms with Crippen LogP contribution in [0.15, 0.2) is 23.8 Å². The summed E-state index contributed by atoms with van der Waals surface area (Å²) in [4.78, 5) is 32.0. The molecule has 0 fully saturated rings. The molecule has 0 heterocycles. The quantitative estimate of drug-likeness (QED) is 0.0961. The maximum atomic E-state index is 11.4. The van der Waals surface area contributed by atoms with Crippen molar-refractivity contribution in [2.45, 2.75) is 118 Å². The largest absolute Gasteiger partial charge is 0.478 e. The number of carbonyl (C=O) groups is 3. The van der Waals surface area contributed by atoms with Crippen molar-refractivity contribution >= 4 is 18.0 Å². The molecule has 0 saturated carbocycles. The highest BCUT2D eigenvalue weighted by Crippen LogP contribution is 2.22. The van der Waals surface area contributed by atoms with Gasteiger partial charge in [-0.2, -0.15) is 0 Å². The van der Waals surface area contributed by atoms with Gasteiger partial charge < -0.3 is 20.9 Å². The third kappa shape index (κ3) is 26.1. The van der Waals surface area contributed by atoms with Crippen LogP contribution >= 0.6 is 0 Å². The summed E-state index contributed by atoms with van der Waals surface area (Å²) in [6, 6.07) is -0.557. The number of aliphatic carboxylic acids is 1. The van der Waals surface area contributed by atoms with Gasteiger partial charge in [-0.05, 0) is 39.0 Å². The summed E-state index contributed by atoms with van der Waals surface area (Å²) in [5.41, 5.74) is 5.64. The lowest BCUT2D eigenvalue weighted by atomic mass is 9.92. The van der Waals surface area contributed by atoms with Crippen LogP contribution in [-0.4, -0.2) is 36.2 Å². The predicted molar refractivity (Wildman–Crippen MR) is 144 cm³/mol. The molecule has 35 heavy (non-hydrogen) atoms. The minimum atomic E-state index is -0.914. The van der Waals surface area contributed by atoms with E-state index in [0.717, 1.165) is 12.3 Å². The SMILES string of the molecule is C=C(C)C(=O)OCCC(CCCCCC)CCCCCCC.CC(=CCCCNC(N)=O)C(=O)O. The molecule has 7 nitrogen and oxygen atoms in total. The van der Waals surface area contributed by atoms with E-state index < -0.39 is 12.0 Å². The van der Waals surface area contributed by atoms with Crippen molar-refractivity contribution in [2.24, 2.45) is 11.7 Å². The second-order valence-corrected chi connectivity index (χ2v) is 9.25. The van der Waals surface area contributed by atoms with Gasteiger partial charge in [0.1, 0.15) is 0 Å². The van der Waals surface area contributed by atoms with Crippen molar-refractivity contribution in [2.75, 3.05) is 13.2 Å². The van der Waals surface area contributed by atoms with Crippen LogP contribution in [0.25, 0.3) is 0 Å². The number of carboxylic acids is 1. The number of carbonyl (C=O) groups excluding carboxylic acids is 2. The fraction of sp³-hybridized carbons (Fsp3) is 0.750. The summed E-state index contributed by atoms with van der Waals surface area (Å²) < 4.78 is 5.27. The molecule has 0 aliphatic carbocycles. The van der Waals surface area contributed by atoms with Crippen LogP contribution in [0.2, 0.25) is 0 Å². The Balaban J connectivity index is 0. The molecule has 204 valence electrons. The van der Waals surface area contributed by atoms with E-state index >= 15 is 0 Å². The van der Waals surface area contributed by atoms with Crippen molar-refractivity contribution in [3.05, 3.63) is 23.8 Å². The van der Waals surface area contributed by atoms with E-state index in [2.05, 4.69) is 25.7 Å². The van der Waals surface area contributed by atoms with E-state index in [-0.39, 0.29) is 5.97 Å². The molecule has 4 N–H and O–H groups in total. The predicted octanol–water partition coefficient (Wildman–Crippen LogP) is 6.91. The number of urea groups is 1. The standard InChI is InChI=1S/C20H38O2.C8H14N2O3/c1-5-7-9-11-13-15-19(14-12-10-8-6-2)16-17-22-20(21)18(3)4;1-6(7(11)12)4-2-3-5-10-8(9)13/h19H,3,5-17H2,1-2,4H3;4H,2-3,5H2,1H3,(H,11,12)(H3,9,10,13). The minimum absolute atomic E-state index is 0.243. The fourth-order valence-electron chi connectivity index (χ4n) is 3.49. The zero-order valence-electron chi connectivity index (χ0n) is 22.8. The Bertz CT molecular complexity index is 616. The number of amides is 2. The van der Waals surface area contributed by atoms with Gasteiger partial charge in [-0.25, -0.2) is 14.4 Å². The first-order valence-corrected chi connectivity index (χ1v) is 13.4. The van der Waals surface area contributed by atoms with Crippen molar-refractivity contribution in [3.8, 4) is 0 Å². The number of allylic oxidation sites excluding steroid dienone is 1. The van der Waals surface area contributed by atoms with Gasteiger partial charge in [-0.3, -0.25) is 0 Å². The van der Waals surface area contributed by atoms with Crippen LogP contribution in [0.5, 0.6) is 0 Å². The number of nitrogens with two attached hydrogens (primary N) is 1. The van der Waals surface area contributed by atoms with Crippen LogP contribution in [0.1, 0.15) is 118 Å². The topological polar surface area (TPSA) is 119 Å². The van der Waals surface area contributed by atoms with Crippen molar-refractivity contribution in [3.63, 3.8) is 0 Å². The molecular formula is C28H52N2O5. The Morgan fingerprint density at radius 1 is 0.914 bits per heavy atom. The lowest BCUT2D eigenvalue weighted by Gasteiger charge is -2.17. The number of ether oxygens (including phenoxy) is 1. The molecule has 0 aromatic carbocycles. The van der Waals surface area contributed by atoms with Gasteiger partial charge in [-0.15, -0.1) is 0 Å². The highest BCUT2D eigenvalue weighted by atomic mass is 16.5. The molecule has 0 rings (SSSR count). The Morgan fingerprint density at radius 3 is 1.94 bits per heavy atom. The molecule has 0 spiro atoms. The average molecular weight is 497 g/mol. The summed E-state index contributed by atoms with van der Waals surface area (Å²) in [5, 5.41) is 10.9. The van der Waals surface area contributed by atoms with Crippen LogP contribution < -0.4 is 11.1 Å². The number of rotatable bonds is 20. The number of carboxylic acid groups (broad SMARTS) is 1. The van der Waals surface area contributed by atoms with Crippen molar-refractivity contribution < 1.29 is 24.2 Å². The van der Waals surface area contributed by atoms with E-state index in [1.54, 1.807) is 13.0 Å². The first kappa shape index (κ1) is 34.9. The van der Waals surface area contributed by atoms with Gasteiger partial charge in [0.15, 0.2) is 0 Å². The first-order chi connectivity index (χ1) is 16.6. The molecule has 0 saturated heterocycles. The molecule has 0 aromatic rings. The van der Waals surface area contributed by atoms with Gasteiger partial charge in [0.05, 0.1) is 6.61 Å². The van der Waals surface area contributed by atoms with Crippen LogP contribution in [0, 0.1) is 5.92 Å². The number of esters is 1. The summed E-state index contributed by atoms with van der Waals surface area (Å²) in [5.74, 6) is -0.438. The number of primary amides is 1. The van der Waals surface area contributed by atoms with Crippen molar-refractivity contribution in [1.29, 1.82) is 0 Å². The Labute approximate surface area is 214 Å². The highest BCUT2D eigenvalue weighted by Gasteiger charge is 2.11. The average Bonchev–Trinajstić information content (AvgIpc) is 2.80. The fourth-order valence-corrected chi connectivity index (χ4v) is 3.49. The van der Waals surface area contributed by atoms with Crippen LogP contribution in [0.3, 0.4) is 0 Å². The van der Waals surface area contributed by atoms with Gasteiger partial charge in [0.25, 0.3) is 0 Å². The first-order valence-electron chi connectivity index (χ1n) is 13.4. The summed E-state index contributed by atoms with van der Waals surface area (Å²) in [7, 11) is 0. The maximum Gasteiger partial charge on any atom is 0.333 e. The van der Waals surface area contributed by atoms with E-state index in [1.807, 2.05) is 0 Å². The molecule has 0 aromatic heterocycles. The van der Waals surface area contributed by atoms with Gasteiger partial charge >= 0.3 is 18.0 Å². The van der Waals surface area contributed by atoms with E-state index in [0.29, 0.717) is 37.1 Å². The smallest absolute Gasteiger partial charge is 0.333 e. The molecule has 1 atom stereocenters. The number of nitrogens with one attached hydrogen (secondary N) is 1. The molecule has 1 unspecified atom stereocenters. The van der Waals surface area contributed by atoms with Crippen LogP contribution in [-0.2, 0) is 14.3 Å². The molecule has 2 amide bonds. The molecule has 0 aliphatic heterocycles. The Hall–Kier alpha value is -2.31. The molecule has 7 heteroatoms. The molecule has 0 bridgehead atoms. The van der Waals surface area contributed by atoms with Crippen molar-refractivity contribution in [1.82, 2.24) is 5.32 Å². The lowest BCUT2D eigenvalue weighted by Crippen LogP contribution is -2.29. The zero-order chi connectivity index (χ0) is 26.9. The monoisotopic (exact) mass is 496 g/mol. The molecule has 0 radical (unpaired) electrons. The number of hydrogen-bond acceptors (Lipinski definition) is 4. The maximum absolute atomic E-state index is 11.4. The van der Waals surface area contributed by atoms with E-state index in [9.17, 15) is 14.4 Å². The summed E-state index contributed by atoms with van der Waals surface area (Å²) in [6.45, 7) is 12.4. The van der Waals surface area contributed by atoms with Gasteiger partial charge in [-0.1, -0.05) is 97.1 Å². The van der Waals surface area contributed by atoms with E-state index in [4.69, 9.17) is 15.6 Å². The number of unbranched alkanes of at least 4 members (excludes halogenated alkanes) is 8. The Kier molecular flexibility index (Phi) is 24.7. The molecular weight excluding hydrogens is 444 g/mol. The third-order valence-electron chi connectivity index (χ3n) is 5.76.